The fraction of sp³-hybridized carbons (Fsp3) is 0.457. The van der Waals surface area contributed by atoms with Crippen molar-refractivity contribution >= 4 is 6.09 Å². The molecule has 0 saturated heterocycles. The third-order valence-corrected chi connectivity index (χ3v) is 7.19. The van der Waals surface area contributed by atoms with Gasteiger partial charge < -0.3 is 38.1 Å². The number of ether oxygens (including phenoxy) is 7. The van der Waals surface area contributed by atoms with Gasteiger partial charge in [-0.05, 0) is 27.8 Å². The van der Waals surface area contributed by atoms with Crippen LogP contribution in [0.4, 0.5) is 4.79 Å². The van der Waals surface area contributed by atoms with Crippen LogP contribution in [0.3, 0.4) is 0 Å². The number of carbonyl (C=O) groups is 1. The van der Waals surface area contributed by atoms with Gasteiger partial charge in [0.1, 0.15) is 6.61 Å². The summed E-state index contributed by atoms with van der Waals surface area (Å²) >= 11 is 0. The summed E-state index contributed by atoms with van der Waals surface area (Å²) in [6.45, 7) is 6.78. The highest BCUT2D eigenvalue weighted by atomic mass is 16.6. The quantitative estimate of drug-likeness (QED) is 0.145. The molecule has 0 aliphatic heterocycles. The summed E-state index contributed by atoms with van der Waals surface area (Å²) in [6.07, 6.45) is -0.357. The smallest absolute Gasteiger partial charge is 0.409 e. The van der Waals surface area contributed by atoms with Crippen LogP contribution in [0.2, 0.25) is 0 Å². The molecule has 0 aromatic heterocycles. The minimum absolute atomic E-state index is 0.0471. The number of carbonyl (C=O) groups excluding carboxylic acids is 1. The van der Waals surface area contributed by atoms with Crippen molar-refractivity contribution in [2.75, 3.05) is 92.9 Å². The van der Waals surface area contributed by atoms with E-state index in [0.29, 0.717) is 92.4 Å². The number of rotatable bonds is 22. The first kappa shape index (κ1) is 33.6. The van der Waals surface area contributed by atoms with Gasteiger partial charge in [0.2, 0.25) is 0 Å². The van der Waals surface area contributed by atoms with Crippen molar-refractivity contribution in [3.63, 3.8) is 0 Å². The lowest BCUT2D eigenvalue weighted by atomic mass is 9.98. The molecule has 3 aromatic carbocycles. The number of fused-ring (bicyclic) bond motifs is 3. The zero-order valence-electron chi connectivity index (χ0n) is 25.7. The van der Waals surface area contributed by atoms with Gasteiger partial charge in [0, 0.05) is 19.5 Å². The van der Waals surface area contributed by atoms with E-state index in [-0.39, 0.29) is 12.0 Å². The Bertz CT molecular complexity index is 1180. The molecule has 0 unspecified atom stereocenters. The van der Waals surface area contributed by atoms with Gasteiger partial charge in [-0.15, -0.1) is 0 Å². The molecule has 9 nitrogen and oxygen atoms in total. The van der Waals surface area contributed by atoms with E-state index in [1.165, 1.54) is 27.2 Å². The highest BCUT2D eigenvalue weighted by molar-refractivity contribution is 5.79. The zero-order chi connectivity index (χ0) is 30.7. The van der Waals surface area contributed by atoms with Crippen LogP contribution in [0.5, 0.6) is 0 Å². The average molecular weight is 608 g/mol. The third kappa shape index (κ3) is 11.3. The van der Waals surface area contributed by atoms with Gasteiger partial charge in [0.15, 0.2) is 0 Å². The first-order chi connectivity index (χ1) is 21.7. The average Bonchev–Trinajstić information content (AvgIpc) is 3.38. The highest BCUT2D eigenvalue weighted by Crippen LogP contribution is 2.44. The van der Waals surface area contributed by atoms with E-state index in [0.717, 1.165) is 5.56 Å². The van der Waals surface area contributed by atoms with E-state index in [9.17, 15) is 4.79 Å². The Morgan fingerprint density at radius 1 is 0.568 bits per heavy atom. The molecule has 0 fully saturated rings. The molecule has 0 N–H and O–H groups in total. The number of likely N-dealkylation sites (N-methyl/N-ethyl adjacent to an activating group) is 1. The number of benzene rings is 3. The Balaban J connectivity index is 0.905. The fourth-order valence-corrected chi connectivity index (χ4v) is 4.86. The Morgan fingerprint density at radius 2 is 1.00 bits per heavy atom. The molecular formula is C35H45NO8. The van der Waals surface area contributed by atoms with Crippen LogP contribution in [0.15, 0.2) is 78.9 Å². The van der Waals surface area contributed by atoms with E-state index in [4.69, 9.17) is 33.2 Å². The van der Waals surface area contributed by atoms with E-state index < -0.39 is 0 Å². The largest absolute Gasteiger partial charge is 0.448 e. The summed E-state index contributed by atoms with van der Waals surface area (Å²) in [6, 6.07) is 26.7. The van der Waals surface area contributed by atoms with Gasteiger partial charge in [-0.1, -0.05) is 78.9 Å². The van der Waals surface area contributed by atoms with E-state index in [1.54, 1.807) is 7.05 Å². The van der Waals surface area contributed by atoms with Crippen molar-refractivity contribution < 1.29 is 38.0 Å². The molecule has 3 aromatic rings. The van der Waals surface area contributed by atoms with Gasteiger partial charge in [0.25, 0.3) is 0 Å². The summed E-state index contributed by atoms with van der Waals surface area (Å²) in [7, 11) is 1.72. The Morgan fingerprint density at radius 3 is 1.52 bits per heavy atom. The van der Waals surface area contributed by atoms with Crippen LogP contribution in [-0.2, 0) is 39.8 Å². The van der Waals surface area contributed by atoms with Crippen LogP contribution in [-0.4, -0.2) is 104 Å². The van der Waals surface area contributed by atoms with Crippen LogP contribution >= 0.6 is 0 Å². The Hall–Kier alpha value is -3.31. The maximum Gasteiger partial charge on any atom is 0.409 e. The van der Waals surface area contributed by atoms with Crippen LogP contribution in [0.25, 0.3) is 11.1 Å². The molecule has 44 heavy (non-hydrogen) atoms. The molecule has 1 aliphatic carbocycles. The lowest BCUT2D eigenvalue weighted by Crippen LogP contribution is -2.32. The van der Waals surface area contributed by atoms with Crippen LogP contribution in [0.1, 0.15) is 22.6 Å². The summed E-state index contributed by atoms with van der Waals surface area (Å²) in [5.74, 6) is 0.0471. The molecule has 0 radical (unpaired) electrons. The second kappa shape index (κ2) is 19.9. The molecule has 9 heteroatoms. The molecule has 0 spiro atoms. The van der Waals surface area contributed by atoms with Crippen molar-refractivity contribution in [2.24, 2.45) is 0 Å². The molecule has 0 heterocycles. The normalized spacial score (nSPS) is 12.2. The standard InChI is InChI=1S/C35H45NO8/c1-36(35(37)44-28-34-32-13-7-5-11-30(32)31-12-6-8-14-33(31)34)15-16-38-17-18-39-19-20-40-21-22-41-23-24-42-25-26-43-27-29-9-3-2-4-10-29/h2-14,34H,15-28H2,1H3. The fourth-order valence-electron chi connectivity index (χ4n) is 4.86. The number of hydrogen-bond donors (Lipinski definition) is 0. The SMILES string of the molecule is CN(CCOCCOCCOCCOCCOCCOCc1ccccc1)C(=O)OCC1c2ccccc2-c2ccccc21. The molecule has 1 aliphatic rings. The summed E-state index contributed by atoms with van der Waals surface area (Å²) in [4.78, 5) is 14.1. The first-order valence-electron chi connectivity index (χ1n) is 15.3. The van der Waals surface area contributed by atoms with Crippen molar-refractivity contribution in [3.8, 4) is 11.1 Å². The molecule has 1 amide bonds. The monoisotopic (exact) mass is 607 g/mol. The summed E-state index contributed by atoms with van der Waals surface area (Å²) < 4.78 is 38.9. The second-order valence-corrected chi connectivity index (χ2v) is 10.3. The zero-order valence-corrected chi connectivity index (χ0v) is 25.7. The topological polar surface area (TPSA) is 84.9 Å². The lowest BCUT2D eigenvalue weighted by molar-refractivity contribution is -0.0182. The summed E-state index contributed by atoms with van der Waals surface area (Å²) in [5.41, 5.74) is 5.97. The van der Waals surface area contributed by atoms with Crippen LogP contribution < -0.4 is 0 Å². The van der Waals surface area contributed by atoms with E-state index in [2.05, 4.69) is 24.3 Å². The maximum atomic E-state index is 12.6. The number of nitrogens with zero attached hydrogens (tertiary/aromatic N) is 1. The lowest BCUT2D eigenvalue weighted by Gasteiger charge is -2.19. The predicted octanol–water partition coefficient (Wildman–Crippen LogP) is 5.17. The number of hydrogen-bond acceptors (Lipinski definition) is 8. The first-order valence-corrected chi connectivity index (χ1v) is 15.3. The molecule has 238 valence electrons. The van der Waals surface area contributed by atoms with Gasteiger partial charge in [-0.2, -0.15) is 0 Å². The van der Waals surface area contributed by atoms with Gasteiger partial charge in [-0.3, -0.25) is 0 Å². The van der Waals surface area contributed by atoms with Gasteiger partial charge in [0.05, 0.1) is 79.3 Å². The van der Waals surface area contributed by atoms with Gasteiger partial charge in [-0.25, -0.2) is 4.79 Å². The number of amides is 1. The molecular weight excluding hydrogens is 562 g/mol. The molecule has 0 bridgehead atoms. The molecule has 0 saturated carbocycles. The summed E-state index contributed by atoms with van der Waals surface area (Å²) in [5, 5.41) is 0. The Kier molecular flexibility index (Phi) is 15.2. The molecule has 0 atom stereocenters. The van der Waals surface area contributed by atoms with Crippen molar-refractivity contribution in [1.82, 2.24) is 4.90 Å². The van der Waals surface area contributed by atoms with Crippen LogP contribution in [0, 0.1) is 0 Å². The van der Waals surface area contributed by atoms with Crippen molar-refractivity contribution in [2.45, 2.75) is 12.5 Å². The molecule has 4 rings (SSSR count). The van der Waals surface area contributed by atoms with Gasteiger partial charge >= 0.3 is 6.09 Å². The van der Waals surface area contributed by atoms with Crippen molar-refractivity contribution in [1.29, 1.82) is 0 Å². The van der Waals surface area contributed by atoms with Crippen molar-refractivity contribution in [3.05, 3.63) is 95.6 Å². The predicted molar refractivity (Wildman–Crippen MR) is 168 cm³/mol. The highest BCUT2D eigenvalue weighted by Gasteiger charge is 2.29. The van der Waals surface area contributed by atoms with E-state index in [1.807, 2.05) is 54.6 Å². The van der Waals surface area contributed by atoms with E-state index >= 15 is 0 Å². The third-order valence-electron chi connectivity index (χ3n) is 7.19. The maximum absolute atomic E-state index is 12.6. The Labute approximate surface area is 260 Å². The minimum Gasteiger partial charge on any atom is -0.448 e. The second-order valence-electron chi connectivity index (χ2n) is 10.3. The minimum atomic E-state index is -0.357.